The number of carbonyl (C=O) groups is 6. The minimum Gasteiger partial charge on any atom is -0.493 e. The molecule has 10 nitrogen and oxygen atoms in total. The monoisotopic (exact) mass is 443 g/mol. The molecule has 3 rings (SSSR count). The predicted octanol–water partition coefficient (Wildman–Crippen LogP) is 0.732. The van der Waals surface area contributed by atoms with Crippen LogP contribution in [0.25, 0.3) is 0 Å². The number of carbonyl (C=O) groups excluding carboxylic acids is 6. The summed E-state index contributed by atoms with van der Waals surface area (Å²) in [4.78, 5) is 72.0. The molecule has 1 aromatic carbocycles. The lowest BCUT2D eigenvalue weighted by Crippen LogP contribution is -2.54. The van der Waals surface area contributed by atoms with Crippen molar-refractivity contribution < 1.29 is 33.5 Å². The van der Waals surface area contributed by atoms with E-state index in [0.29, 0.717) is 38.6 Å². The van der Waals surface area contributed by atoms with E-state index >= 15 is 0 Å². The molecule has 1 saturated heterocycles. The number of nitrogens with one attached hydrogen (secondary N) is 2. The van der Waals surface area contributed by atoms with Gasteiger partial charge in [0.1, 0.15) is 18.1 Å². The van der Waals surface area contributed by atoms with Gasteiger partial charge in [-0.1, -0.05) is 6.07 Å². The van der Waals surface area contributed by atoms with Crippen LogP contribution in [0.3, 0.4) is 0 Å². The van der Waals surface area contributed by atoms with Gasteiger partial charge in [0.25, 0.3) is 11.8 Å². The Morgan fingerprint density at radius 3 is 2.72 bits per heavy atom. The zero-order valence-corrected chi connectivity index (χ0v) is 17.6. The van der Waals surface area contributed by atoms with Crippen molar-refractivity contribution in [3.8, 4) is 5.75 Å². The molecule has 1 fully saturated rings. The minimum absolute atomic E-state index is 0.0563. The first-order valence-electron chi connectivity index (χ1n) is 10.6. The number of ether oxygens (including phenoxy) is 1. The quantitative estimate of drug-likeness (QED) is 0.292. The number of fused-ring (bicyclic) bond motifs is 1. The fraction of sp³-hybridized carbons (Fsp3) is 0.455. The Morgan fingerprint density at radius 2 is 1.97 bits per heavy atom. The summed E-state index contributed by atoms with van der Waals surface area (Å²) < 4.78 is 5.73. The molecule has 2 aliphatic heterocycles. The van der Waals surface area contributed by atoms with Gasteiger partial charge in [-0.05, 0) is 37.8 Å². The van der Waals surface area contributed by atoms with Crippen molar-refractivity contribution in [2.24, 2.45) is 0 Å². The molecule has 0 bridgehead atoms. The van der Waals surface area contributed by atoms with Gasteiger partial charge in [-0.2, -0.15) is 0 Å². The van der Waals surface area contributed by atoms with Gasteiger partial charge in [0, 0.05) is 25.8 Å². The van der Waals surface area contributed by atoms with Crippen LogP contribution >= 0.6 is 0 Å². The number of nitrogens with zero attached hydrogens (tertiary/aromatic N) is 1. The lowest BCUT2D eigenvalue weighted by molar-refractivity contribution is -0.136. The van der Waals surface area contributed by atoms with E-state index in [1.165, 1.54) is 6.07 Å². The number of aldehydes is 1. The Morgan fingerprint density at radius 1 is 1.16 bits per heavy atom. The summed E-state index contributed by atoms with van der Waals surface area (Å²) in [6.07, 6.45) is 3.40. The Kier molecular flexibility index (Phi) is 7.69. The summed E-state index contributed by atoms with van der Waals surface area (Å²) in [7, 11) is 0. The third kappa shape index (κ3) is 5.19. The molecule has 5 amide bonds. The summed E-state index contributed by atoms with van der Waals surface area (Å²) in [6, 6.07) is 3.68. The average molecular weight is 443 g/mol. The highest BCUT2D eigenvalue weighted by molar-refractivity contribution is 6.24. The topological polar surface area (TPSA) is 139 Å². The maximum Gasteiger partial charge on any atom is 0.266 e. The number of hydrogen-bond acceptors (Lipinski definition) is 7. The molecule has 0 aliphatic carbocycles. The minimum atomic E-state index is -1.02. The molecule has 0 aromatic heterocycles. The van der Waals surface area contributed by atoms with E-state index in [-0.39, 0.29) is 42.2 Å². The third-order valence-electron chi connectivity index (χ3n) is 5.31. The van der Waals surface area contributed by atoms with Gasteiger partial charge in [0.2, 0.25) is 17.7 Å². The first-order valence-corrected chi connectivity index (χ1v) is 10.6. The summed E-state index contributed by atoms with van der Waals surface area (Å²) >= 11 is 0. The maximum absolute atomic E-state index is 13.0. The van der Waals surface area contributed by atoms with Crippen molar-refractivity contribution in [1.82, 2.24) is 15.5 Å². The zero-order chi connectivity index (χ0) is 23.1. The fourth-order valence-electron chi connectivity index (χ4n) is 3.68. The average Bonchev–Trinajstić information content (AvgIpc) is 3.02. The molecule has 0 saturated carbocycles. The highest BCUT2D eigenvalue weighted by Crippen LogP contribution is 2.33. The molecule has 0 radical (unpaired) electrons. The number of unbranched alkanes of at least 4 members (excludes halogenated alkanes) is 2. The Balaban J connectivity index is 1.53. The van der Waals surface area contributed by atoms with Crippen LogP contribution in [0.1, 0.15) is 65.7 Å². The van der Waals surface area contributed by atoms with Crippen LogP contribution < -0.4 is 15.4 Å². The van der Waals surface area contributed by atoms with Crippen molar-refractivity contribution in [2.75, 3.05) is 13.2 Å². The predicted molar refractivity (Wildman–Crippen MR) is 111 cm³/mol. The van der Waals surface area contributed by atoms with Gasteiger partial charge in [-0.15, -0.1) is 0 Å². The zero-order valence-electron chi connectivity index (χ0n) is 17.6. The van der Waals surface area contributed by atoms with Crippen LogP contribution in [0.5, 0.6) is 5.75 Å². The second-order valence-electron chi connectivity index (χ2n) is 7.59. The van der Waals surface area contributed by atoms with E-state index in [4.69, 9.17) is 4.74 Å². The van der Waals surface area contributed by atoms with Crippen molar-refractivity contribution in [1.29, 1.82) is 0 Å². The van der Waals surface area contributed by atoms with Crippen molar-refractivity contribution in [3.63, 3.8) is 0 Å². The van der Waals surface area contributed by atoms with E-state index in [9.17, 15) is 28.8 Å². The van der Waals surface area contributed by atoms with Crippen LogP contribution in [0.2, 0.25) is 0 Å². The molecule has 1 atom stereocenters. The SMILES string of the molecule is O=CCCCC(=O)NCCCCOc1cccc2c1C(=O)N(C1CCC(=O)NC1=O)C2=O. The van der Waals surface area contributed by atoms with Crippen LogP contribution in [0.15, 0.2) is 18.2 Å². The highest BCUT2D eigenvalue weighted by Gasteiger charge is 2.45. The van der Waals surface area contributed by atoms with Gasteiger partial charge in [-0.25, -0.2) is 0 Å². The smallest absolute Gasteiger partial charge is 0.266 e. The summed E-state index contributed by atoms with van der Waals surface area (Å²) in [6.45, 7) is 0.744. The molecule has 10 heteroatoms. The van der Waals surface area contributed by atoms with Crippen LogP contribution in [0, 0.1) is 0 Å². The number of rotatable bonds is 11. The van der Waals surface area contributed by atoms with E-state index in [1.54, 1.807) is 12.1 Å². The number of benzene rings is 1. The Bertz CT molecular complexity index is 943. The van der Waals surface area contributed by atoms with Gasteiger partial charge in [0.15, 0.2) is 0 Å². The molecule has 1 unspecified atom stereocenters. The molecule has 2 N–H and O–H groups in total. The summed E-state index contributed by atoms with van der Waals surface area (Å²) in [5, 5.41) is 4.93. The molecule has 1 aromatic rings. The van der Waals surface area contributed by atoms with Gasteiger partial charge >= 0.3 is 0 Å². The van der Waals surface area contributed by atoms with Gasteiger partial charge in [-0.3, -0.25) is 34.2 Å². The molecule has 2 aliphatic rings. The van der Waals surface area contributed by atoms with E-state index in [1.807, 2.05) is 0 Å². The van der Waals surface area contributed by atoms with Crippen molar-refractivity contribution in [2.45, 2.75) is 51.0 Å². The molecule has 2 heterocycles. The van der Waals surface area contributed by atoms with Gasteiger partial charge < -0.3 is 14.8 Å². The first kappa shape index (κ1) is 23.1. The van der Waals surface area contributed by atoms with Crippen LogP contribution in [0.4, 0.5) is 0 Å². The van der Waals surface area contributed by atoms with E-state index in [0.717, 1.165) is 11.2 Å². The molecule has 32 heavy (non-hydrogen) atoms. The van der Waals surface area contributed by atoms with E-state index in [2.05, 4.69) is 10.6 Å². The largest absolute Gasteiger partial charge is 0.493 e. The van der Waals surface area contributed by atoms with Crippen molar-refractivity contribution >= 4 is 35.8 Å². The second-order valence-corrected chi connectivity index (χ2v) is 7.59. The molecule has 170 valence electrons. The fourth-order valence-corrected chi connectivity index (χ4v) is 3.68. The maximum atomic E-state index is 13.0. The Hall–Kier alpha value is -3.56. The number of hydrogen-bond donors (Lipinski definition) is 2. The van der Waals surface area contributed by atoms with Crippen LogP contribution in [-0.4, -0.2) is 59.9 Å². The highest BCUT2D eigenvalue weighted by atomic mass is 16.5. The van der Waals surface area contributed by atoms with E-state index < -0.39 is 29.7 Å². The molecular formula is C22H25N3O7. The van der Waals surface area contributed by atoms with Gasteiger partial charge in [0.05, 0.1) is 17.7 Å². The standard InChI is InChI=1S/C22H25N3O7/c26-12-3-1-8-17(27)23-11-2-4-13-32-16-7-5-6-14-19(16)22(31)25(21(14)30)15-9-10-18(28)24-20(15)29/h5-7,12,15H,1-4,8-11,13H2,(H,23,27)(H,24,28,29). The lowest BCUT2D eigenvalue weighted by Gasteiger charge is -2.27. The second kappa shape index (κ2) is 10.7. The van der Waals surface area contributed by atoms with Crippen molar-refractivity contribution in [3.05, 3.63) is 29.3 Å². The summed E-state index contributed by atoms with van der Waals surface area (Å²) in [5.74, 6) is -2.13. The number of amides is 5. The third-order valence-corrected chi connectivity index (χ3v) is 5.31. The summed E-state index contributed by atoms with van der Waals surface area (Å²) in [5.41, 5.74) is 0.283. The number of piperidine rings is 1. The lowest BCUT2D eigenvalue weighted by atomic mass is 10.0. The number of imide groups is 2. The first-order chi connectivity index (χ1) is 15.4. The Labute approximate surface area is 184 Å². The van der Waals surface area contributed by atoms with Crippen LogP contribution in [-0.2, 0) is 19.2 Å². The normalized spacial score (nSPS) is 17.8. The molecular weight excluding hydrogens is 418 g/mol. The molecule has 0 spiro atoms.